The summed E-state index contributed by atoms with van der Waals surface area (Å²) < 4.78 is 5.99. The van der Waals surface area contributed by atoms with E-state index < -0.39 is 11.6 Å². The largest absolute Gasteiger partial charge is 0.478 e. The van der Waals surface area contributed by atoms with Gasteiger partial charge in [-0.25, -0.2) is 4.79 Å². The normalized spacial score (nSPS) is 21.3. The summed E-state index contributed by atoms with van der Waals surface area (Å²) >= 11 is 0. The molecule has 0 aliphatic carbocycles. The molecule has 1 atom stereocenters. The van der Waals surface area contributed by atoms with Crippen molar-refractivity contribution >= 4 is 5.97 Å². The van der Waals surface area contributed by atoms with Crippen molar-refractivity contribution in [1.82, 2.24) is 0 Å². The highest BCUT2D eigenvalue weighted by atomic mass is 16.5. The van der Waals surface area contributed by atoms with E-state index in [2.05, 4.69) is 33.8 Å². The maximum atomic E-state index is 11.5. The number of carbonyl (C=O) groups is 1. The molecule has 1 aromatic carbocycles. The van der Waals surface area contributed by atoms with Crippen LogP contribution in [-0.2, 0) is 11.2 Å². The van der Waals surface area contributed by atoms with E-state index in [1.165, 1.54) is 16.7 Å². The molecule has 1 heterocycles. The lowest BCUT2D eigenvalue weighted by Gasteiger charge is -2.35. The Balaban J connectivity index is 2.64. The number of hydrogen-bond acceptors (Lipinski definition) is 2. The maximum Gasteiger partial charge on any atom is 0.347 e. The van der Waals surface area contributed by atoms with Crippen molar-refractivity contribution in [3.63, 3.8) is 0 Å². The van der Waals surface area contributed by atoms with Gasteiger partial charge in [-0.2, -0.15) is 0 Å². The van der Waals surface area contributed by atoms with Gasteiger partial charge in [-0.3, -0.25) is 0 Å². The van der Waals surface area contributed by atoms with E-state index in [0.717, 1.165) is 17.7 Å². The SMILES string of the molecule is Cc1c(C(C)C)cc(C(C)C)c2c1OC(C)(C(=O)O)CC2. The lowest BCUT2D eigenvalue weighted by atomic mass is 9.82. The molecule has 0 radical (unpaired) electrons. The Kier molecular flexibility index (Phi) is 4.05. The van der Waals surface area contributed by atoms with Crippen LogP contribution in [0.5, 0.6) is 5.75 Å². The minimum Gasteiger partial charge on any atom is -0.478 e. The molecule has 21 heavy (non-hydrogen) atoms. The van der Waals surface area contributed by atoms with Gasteiger partial charge in [0, 0.05) is 6.42 Å². The summed E-state index contributed by atoms with van der Waals surface area (Å²) in [6.45, 7) is 12.4. The van der Waals surface area contributed by atoms with Crippen LogP contribution in [0, 0.1) is 6.92 Å². The fourth-order valence-electron chi connectivity index (χ4n) is 3.15. The predicted octanol–water partition coefficient (Wildman–Crippen LogP) is 4.41. The van der Waals surface area contributed by atoms with Crippen LogP contribution in [0.25, 0.3) is 0 Å². The quantitative estimate of drug-likeness (QED) is 0.897. The number of fused-ring (bicyclic) bond motifs is 1. The minimum atomic E-state index is -1.11. The fourth-order valence-corrected chi connectivity index (χ4v) is 3.15. The molecule has 0 saturated heterocycles. The van der Waals surface area contributed by atoms with E-state index in [0.29, 0.717) is 18.3 Å². The molecule has 1 aromatic rings. The number of benzene rings is 1. The molecule has 1 aliphatic rings. The van der Waals surface area contributed by atoms with Gasteiger partial charge in [0.1, 0.15) is 5.75 Å². The van der Waals surface area contributed by atoms with Gasteiger partial charge in [0.05, 0.1) is 0 Å². The van der Waals surface area contributed by atoms with Crippen molar-refractivity contribution in [3.8, 4) is 5.75 Å². The predicted molar refractivity (Wildman–Crippen MR) is 84.3 cm³/mol. The van der Waals surface area contributed by atoms with Gasteiger partial charge in [0.25, 0.3) is 0 Å². The minimum absolute atomic E-state index is 0.398. The zero-order valence-electron chi connectivity index (χ0n) is 13.9. The van der Waals surface area contributed by atoms with Gasteiger partial charge in [-0.15, -0.1) is 0 Å². The Morgan fingerprint density at radius 2 is 1.81 bits per heavy atom. The summed E-state index contributed by atoms with van der Waals surface area (Å²) in [4.78, 5) is 11.5. The van der Waals surface area contributed by atoms with E-state index >= 15 is 0 Å². The van der Waals surface area contributed by atoms with Crippen molar-refractivity contribution in [1.29, 1.82) is 0 Å². The third-order valence-electron chi connectivity index (χ3n) is 4.58. The van der Waals surface area contributed by atoms with Crippen LogP contribution in [0.3, 0.4) is 0 Å². The second-order valence-electron chi connectivity index (χ2n) is 6.94. The summed E-state index contributed by atoms with van der Waals surface area (Å²) in [6, 6.07) is 2.29. The lowest BCUT2D eigenvalue weighted by Crippen LogP contribution is -2.44. The average Bonchev–Trinajstić information content (AvgIpc) is 2.38. The van der Waals surface area contributed by atoms with Crippen LogP contribution < -0.4 is 4.74 Å². The van der Waals surface area contributed by atoms with Gasteiger partial charge >= 0.3 is 5.97 Å². The zero-order chi connectivity index (χ0) is 15.9. The van der Waals surface area contributed by atoms with E-state index in [9.17, 15) is 9.90 Å². The Hall–Kier alpha value is -1.51. The first-order valence-corrected chi connectivity index (χ1v) is 7.76. The first kappa shape index (κ1) is 15.9. The first-order chi connectivity index (χ1) is 9.67. The number of carboxylic acids is 1. The molecule has 3 heteroatoms. The molecule has 0 aromatic heterocycles. The van der Waals surface area contributed by atoms with Crippen LogP contribution in [0.2, 0.25) is 0 Å². The summed E-state index contributed by atoms with van der Waals surface area (Å²) in [7, 11) is 0. The van der Waals surface area contributed by atoms with Gasteiger partial charge in [0.15, 0.2) is 0 Å². The molecular weight excluding hydrogens is 264 g/mol. The fraction of sp³-hybridized carbons (Fsp3) is 0.611. The van der Waals surface area contributed by atoms with Crippen molar-refractivity contribution in [2.75, 3.05) is 0 Å². The second-order valence-corrected chi connectivity index (χ2v) is 6.94. The number of carboxylic acid groups (broad SMARTS) is 1. The van der Waals surface area contributed by atoms with Crippen molar-refractivity contribution in [3.05, 3.63) is 28.3 Å². The average molecular weight is 290 g/mol. The Morgan fingerprint density at radius 1 is 1.24 bits per heavy atom. The van der Waals surface area contributed by atoms with Crippen LogP contribution in [0.1, 0.15) is 75.1 Å². The molecule has 0 bridgehead atoms. The van der Waals surface area contributed by atoms with Crippen LogP contribution in [0.4, 0.5) is 0 Å². The van der Waals surface area contributed by atoms with Crippen molar-refractivity contribution < 1.29 is 14.6 Å². The van der Waals surface area contributed by atoms with E-state index in [1.807, 2.05) is 6.92 Å². The summed E-state index contributed by atoms with van der Waals surface area (Å²) in [5.41, 5.74) is 3.74. The van der Waals surface area contributed by atoms with Gasteiger partial charge in [-0.05, 0) is 54.4 Å². The van der Waals surface area contributed by atoms with Gasteiger partial charge in [-0.1, -0.05) is 33.8 Å². The maximum absolute atomic E-state index is 11.5. The smallest absolute Gasteiger partial charge is 0.347 e. The van der Waals surface area contributed by atoms with E-state index in [-0.39, 0.29) is 0 Å². The van der Waals surface area contributed by atoms with Gasteiger partial charge in [0.2, 0.25) is 5.60 Å². The second kappa shape index (κ2) is 5.36. The summed E-state index contributed by atoms with van der Waals surface area (Å²) in [5, 5.41) is 9.45. The van der Waals surface area contributed by atoms with Crippen molar-refractivity contribution in [2.45, 2.75) is 71.8 Å². The first-order valence-electron chi connectivity index (χ1n) is 7.76. The third kappa shape index (κ3) is 2.66. The molecule has 116 valence electrons. The Labute approximate surface area is 127 Å². The highest BCUT2D eigenvalue weighted by molar-refractivity contribution is 5.78. The number of ether oxygens (including phenoxy) is 1. The summed E-state index contributed by atoms with van der Waals surface area (Å²) in [6.07, 6.45) is 1.29. The third-order valence-corrected chi connectivity index (χ3v) is 4.58. The van der Waals surface area contributed by atoms with E-state index in [1.54, 1.807) is 6.92 Å². The van der Waals surface area contributed by atoms with Crippen molar-refractivity contribution in [2.24, 2.45) is 0 Å². The van der Waals surface area contributed by atoms with Crippen LogP contribution in [-0.4, -0.2) is 16.7 Å². The lowest BCUT2D eigenvalue weighted by molar-refractivity contribution is -0.155. The molecule has 2 rings (SSSR count). The molecule has 1 N–H and O–H groups in total. The molecule has 0 spiro atoms. The highest BCUT2D eigenvalue weighted by Gasteiger charge is 2.40. The zero-order valence-corrected chi connectivity index (χ0v) is 13.9. The molecule has 3 nitrogen and oxygen atoms in total. The summed E-state index contributed by atoms with van der Waals surface area (Å²) in [5.74, 6) is 0.735. The number of aliphatic carboxylic acids is 1. The monoisotopic (exact) mass is 290 g/mol. The molecule has 0 saturated carbocycles. The molecular formula is C18H26O3. The van der Waals surface area contributed by atoms with Gasteiger partial charge < -0.3 is 9.84 Å². The van der Waals surface area contributed by atoms with Crippen LogP contribution >= 0.6 is 0 Å². The highest BCUT2D eigenvalue weighted by Crippen LogP contribution is 2.43. The Bertz CT molecular complexity index is 572. The molecule has 1 unspecified atom stereocenters. The topological polar surface area (TPSA) is 46.5 Å². The number of hydrogen-bond donors (Lipinski definition) is 1. The number of rotatable bonds is 3. The van der Waals surface area contributed by atoms with Crippen LogP contribution in [0.15, 0.2) is 6.07 Å². The molecule has 0 amide bonds. The Morgan fingerprint density at radius 3 is 2.29 bits per heavy atom. The van der Waals surface area contributed by atoms with E-state index in [4.69, 9.17) is 4.74 Å². The molecule has 1 aliphatic heterocycles. The standard InChI is InChI=1S/C18H26O3/c1-10(2)14-9-15(11(3)4)13-7-8-18(6,17(19)20)21-16(13)12(14)5/h9-11H,7-8H2,1-6H3,(H,19,20). The molecule has 0 fully saturated rings.